The fourth-order valence-electron chi connectivity index (χ4n) is 1.38. The van der Waals surface area contributed by atoms with Crippen LogP contribution in [0.2, 0.25) is 0 Å². The van der Waals surface area contributed by atoms with Crippen LogP contribution in [0, 0.1) is 0 Å². The van der Waals surface area contributed by atoms with E-state index in [4.69, 9.17) is 21.1 Å². The lowest BCUT2D eigenvalue weighted by Crippen LogP contribution is -2.39. The van der Waals surface area contributed by atoms with Gasteiger partial charge in [0.15, 0.2) is 11.5 Å². The van der Waals surface area contributed by atoms with E-state index in [-0.39, 0.29) is 12.4 Å². The lowest BCUT2D eigenvalue weighted by molar-refractivity contribution is -0.117. The number of carbonyl (C=O) groups excluding carboxylic acids is 2. The summed E-state index contributed by atoms with van der Waals surface area (Å²) in [6, 6.07) is 4.66. The zero-order chi connectivity index (χ0) is 14.3. The number of alkyl halides is 1. The molecule has 2 N–H and O–H groups in total. The Kier molecular flexibility index (Phi) is 5.95. The maximum atomic E-state index is 11.3. The van der Waals surface area contributed by atoms with Gasteiger partial charge in [0.25, 0.3) is 0 Å². The van der Waals surface area contributed by atoms with Crippen molar-refractivity contribution in [2.45, 2.75) is 6.54 Å². The van der Waals surface area contributed by atoms with E-state index in [0.717, 1.165) is 5.56 Å². The molecule has 0 bridgehead atoms. The monoisotopic (exact) mass is 286 g/mol. The van der Waals surface area contributed by atoms with Gasteiger partial charge in [0.2, 0.25) is 5.91 Å². The molecule has 1 rings (SSSR count). The van der Waals surface area contributed by atoms with Crippen LogP contribution in [0.15, 0.2) is 18.2 Å². The van der Waals surface area contributed by atoms with Crippen LogP contribution < -0.4 is 20.1 Å². The van der Waals surface area contributed by atoms with Gasteiger partial charge in [0.05, 0.1) is 14.2 Å². The minimum Gasteiger partial charge on any atom is -0.493 e. The Morgan fingerprint density at radius 2 is 1.89 bits per heavy atom. The number of halogens is 1. The number of rotatable bonds is 5. The highest BCUT2D eigenvalue weighted by Gasteiger charge is 2.07. The highest BCUT2D eigenvalue weighted by molar-refractivity contribution is 6.28. The molecule has 7 heteroatoms. The molecule has 1 aromatic rings. The average Bonchev–Trinajstić information content (AvgIpc) is 2.44. The van der Waals surface area contributed by atoms with Gasteiger partial charge in [0, 0.05) is 6.54 Å². The number of hydrogen-bond acceptors (Lipinski definition) is 4. The van der Waals surface area contributed by atoms with Gasteiger partial charge >= 0.3 is 6.03 Å². The Labute approximate surface area is 116 Å². The van der Waals surface area contributed by atoms with Gasteiger partial charge in [-0.3, -0.25) is 10.1 Å². The van der Waals surface area contributed by atoms with E-state index in [1.165, 1.54) is 7.11 Å². The maximum Gasteiger partial charge on any atom is 0.321 e. The fraction of sp³-hybridized carbons (Fsp3) is 0.333. The predicted molar refractivity (Wildman–Crippen MR) is 70.6 cm³/mol. The Morgan fingerprint density at radius 3 is 2.47 bits per heavy atom. The minimum absolute atomic E-state index is 0.252. The van der Waals surface area contributed by atoms with Crippen LogP contribution in [0.1, 0.15) is 5.56 Å². The largest absolute Gasteiger partial charge is 0.493 e. The molecule has 0 spiro atoms. The van der Waals surface area contributed by atoms with Crippen molar-refractivity contribution in [3.05, 3.63) is 23.8 Å². The SMILES string of the molecule is COc1ccc(CNC(=O)NC(=O)CCl)cc1OC. The Bertz CT molecular complexity index is 465. The van der Waals surface area contributed by atoms with Gasteiger partial charge in [-0.2, -0.15) is 0 Å². The molecule has 0 unspecified atom stereocenters. The van der Waals surface area contributed by atoms with Crippen molar-refractivity contribution in [2.24, 2.45) is 0 Å². The Morgan fingerprint density at radius 1 is 1.21 bits per heavy atom. The normalized spacial score (nSPS) is 9.63. The van der Waals surface area contributed by atoms with Gasteiger partial charge < -0.3 is 14.8 Å². The van der Waals surface area contributed by atoms with Crippen LogP contribution in [0.4, 0.5) is 4.79 Å². The molecular formula is C12H15ClN2O4. The molecule has 1 aromatic carbocycles. The number of benzene rings is 1. The van der Waals surface area contributed by atoms with E-state index in [2.05, 4.69) is 10.6 Å². The summed E-state index contributed by atoms with van der Waals surface area (Å²) in [6.45, 7) is 0.252. The van der Waals surface area contributed by atoms with Gasteiger partial charge in [-0.1, -0.05) is 6.07 Å². The maximum absolute atomic E-state index is 11.3. The highest BCUT2D eigenvalue weighted by Crippen LogP contribution is 2.27. The summed E-state index contributed by atoms with van der Waals surface area (Å²) in [5.74, 6) is 0.364. The van der Waals surface area contributed by atoms with Crippen LogP contribution >= 0.6 is 11.6 Å². The summed E-state index contributed by atoms with van der Waals surface area (Å²) in [6.07, 6.45) is 0. The van der Waals surface area contributed by atoms with Crippen molar-refractivity contribution in [1.82, 2.24) is 10.6 Å². The lowest BCUT2D eigenvalue weighted by atomic mass is 10.2. The summed E-state index contributed by atoms with van der Waals surface area (Å²) in [7, 11) is 3.07. The Hall–Kier alpha value is -1.95. The van der Waals surface area contributed by atoms with Crippen LogP contribution in [0.25, 0.3) is 0 Å². The van der Waals surface area contributed by atoms with Crippen molar-refractivity contribution in [1.29, 1.82) is 0 Å². The third-order valence-electron chi connectivity index (χ3n) is 2.28. The average molecular weight is 287 g/mol. The first-order chi connectivity index (χ1) is 9.10. The third kappa shape index (κ3) is 4.67. The molecule has 0 fully saturated rings. The molecule has 0 heterocycles. The lowest BCUT2D eigenvalue weighted by Gasteiger charge is -2.10. The molecular weight excluding hydrogens is 272 g/mol. The second-order valence-corrected chi connectivity index (χ2v) is 3.82. The molecule has 0 atom stereocenters. The van der Waals surface area contributed by atoms with E-state index >= 15 is 0 Å². The molecule has 19 heavy (non-hydrogen) atoms. The van der Waals surface area contributed by atoms with Crippen molar-refractivity contribution < 1.29 is 19.1 Å². The standard InChI is InChI=1S/C12H15ClN2O4/c1-18-9-4-3-8(5-10(9)19-2)7-14-12(17)15-11(16)6-13/h3-5H,6-7H2,1-2H3,(H2,14,15,16,17). The second kappa shape index (κ2) is 7.48. The first kappa shape index (κ1) is 15.1. The number of hydrogen-bond donors (Lipinski definition) is 2. The van der Waals surface area contributed by atoms with Crippen molar-refractivity contribution in [3.8, 4) is 11.5 Å². The highest BCUT2D eigenvalue weighted by atomic mass is 35.5. The summed E-state index contributed by atoms with van der Waals surface area (Å²) >= 11 is 5.26. The first-order valence-electron chi connectivity index (χ1n) is 5.45. The van der Waals surface area contributed by atoms with E-state index in [0.29, 0.717) is 11.5 Å². The summed E-state index contributed by atoms with van der Waals surface area (Å²) in [5, 5.41) is 4.60. The second-order valence-electron chi connectivity index (χ2n) is 3.55. The summed E-state index contributed by atoms with van der Waals surface area (Å²) in [4.78, 5) is 22.2. The number of urea groups is 1. The molecule has 0 aliphatic rings. The third-order valence-corrected chi connectivity index (χ3v) is 2.52. The smallest absolute Gasteiger partial charge is 0.321 e. The topological polar surface area (TPSA) is 76.7 Å². The van der Waals surface area contributed by atoms with Crippen molar-refractivity contribution in [2.75, 3.05) is 20.1 Å². The van der Waals surface area contributed by atoms with E-state index in [1.807, 2.05) is 0 Å². The van der Waals surface area contributed by atoms with Gasteiger partial charge in [0.1, 0.15) is 5.88 Å². The quantitative estimate of drug-likeness (QED) is 0.799. The molecule has 104 valence electrons. The number of imide groups is 1. The first-order valence-corrected chi connectivity index (χ1v) is 5.98. The molecule has 0 aliphatic carbocycles. The minimum atomic E-state index is -0.597. The van der Waals surface area contributed by atoms with E-state index in [1.54, 1.807) is 25.3 Å². The van der Waals surface area contributed by atoms with Gasteiger partial charge in [-0.25, -0.2) is 4.79 Å². The molecule has 3 amide bonds. The van der Waals surface area contributed by atoms with Crippen molar-refractivity contribution in [3.63, 3.8) is 0 Å². The predicted octanol–water partition coefficient (Wildman–Crippen LogP) is 1.27. The molecule has 0 saturated carbocycles. The number of ether oxygens (including phenoxy) is 2. The van der Waals surface area contributed by atoms with E-state index < -0.39 is 11.9 Å². The van der Waals surface area contributed by atoms with E-state index in [9.17, 15) is 9.59 Å². The molecule has 0 aliphatic heterocycles. The van der Waals surface area contributed by atoms with Gasteiger partial charge in [-0.15, -0.1) is 11.6 Å². The Balaban J connectivity index is 2.58. The summed E-state index contributed by atoms with van der Waals surface area (Å²) in [5.41, 5.74) is 0.811. The molecule has 0 aromatic heterocycles. The summed E-state index contributed by atoms with van der Waals surface area (Å²) < 4.78 is 10.2. The zero-order valence-corrected chi connectivity index (χ0v) is 11.4. The fourth-order valence-corrected chi connectivity index (χ4v) is 1.44. The van der Waals surface area contributed by atoms with Crippen LogP contribution in [-0.4, -0.2) is 32.0 Å². The van der Waals surface area contributed by atoms with Crippen molar-refractivity contribution >= 4 is 23.5 Å². The number of carbonyl (C=O) groups is 2. The van der Waals surface area contributed by atoms with Crippen LogP contribution in [-0.2, 0) is 11.3 Å². The molecule has 0 radical (unpaired) electrons. The molecule has 6 nitrogen and oxygen atoms in total. The van der Waals surface area contributed by atoms with Crippen LogP contribution in [0.5, 0.6) is 11.5 Å². The number of nitrogens with one attached hydrogen (secondary N) is 2. The number of amides is 3. The van der Waals surface area contributed by atoms with Crippen LogP contribution in [0.3, 0.4) is 0 Å². The number of methoxy groups -OCH3 is 2. The van der Waals surface area contributed by atoms with Gasteiger partial charge in [-0.05, 0) is 17.7 Å². The molecule has 0 saturated heterocycles. The zero-order valence-electron chi connectivity index (χ0n) is 10.7.